The van der Waals surface area contributed by atoms with Gasteiger partial charge in [-0.2, -0.15) is 0 Å². The summed E-state index contributed by atoms with van der Waals surface area (Å²) in [6.07, 6.45) is 3.08. The molecule has 2 atom stereocenters. The molecule has 1 fully saturated rings. The van der Waals surface area contributed by atoms with Crippen molar-refractivity contribution in [2.45, 2.75) is 18.4 Å². The number of nitrogens with zero attached hydrogens (tertiary/aromatic N) is 2. The van der Waals surface area contributed by atoms with E-state index in [1.54, 1.807) is 6.20 Å². The van der Waals surface area contributed by atoms with E-state index >= 15 is 0 Å². The minimum absolute atomic E-state index is 0.0201. The first-order valence-corrected chi connectivity index (χ1v) is 8.27. The molecule has 0 amide bonds. The molecule has 2 N–H and O–H groups in total. The van der Waals surface area contributed by atoms with E-state index in [-0.39, 0.29) is 6.61 Å². The van der Waals surface area contributed by atoms with Gasteiger partial charge in [-0.1, -0.05) is 36.4 Å². The maximum atomic E-state index is 12.1. The monoisotopic (exact) mass is 326 g/mol. The van der Waals surface area contributed by atoms with Crippen LogP contribution in [0.3, 0.4) is 0 Å². The summed E-state index contributed by atoms with van der Waals surface area (Å²) in [5.74, 6) is -1.44. The molecule has 24 heavy (non-hydrogen) atoms. The van der Waals surface area contributed by atoms with E-state index in [2.05, 4.69) is 9.88 Å². The van der Waals surface area contributed by atoms with Crippen LogP contribution in [0.15, 0.2) is 54.7 Å². The molecule has 5 heteroatoms. The summed E-state index contributed by atoms with van der Waals surface area (Å²) in [6, 6.07) is 15.3. The Balaban J connectivity index is 2.28. The van der Waals surface area contributed by atoms with Gasteiger partial charge in [0, 0.05) is 12.7 Å². The molecule has 126 valence electrons. The number of rotatable bonds is 5. The van der Waals surface area contributed by atoms with Crippen LogP contribution in [0.4, 0.5) is 0 Å². The summed E-state index contributed by atoms with van der Waals surface area (Å²) in [7, 11) is 0. The van der Waals surface area contributed by atoms with Crippen molar-refractivity contribution in [3.63, 3.8) is 0 Å². The molecule has 1 aliphatic heterocycles. The third kappa shape index (κ3) is 2.70. The zero-order valence-electron chi connectivity index (χ0n) is 13.5. The highest BCUT2D eigenvalue weighted by Gasteiger charge is 2.52. The normalized spacial score (nSPS) is 24.6. The predicted molar refractivity (Wildman–Crippen MR) is 90.5 cm³/mol. The number of aliphatic hydroxyl groups excluding tert-OH is 1. The molecular formula is C19H22N2O3. The number of carboxylic acids is 1. The second-order valence-electron chi connectivity index (χ2n) is 6.09. The Morgan fingerprint density at radius 1 is 1.21 bits per heavy atom. The number of benzene rings is 1. The Labute approximate surface area is 141 Å². The highest BCUT2D eigenvalue weighted by Crippen LogP contribution is 2.46. The summed E-state index contributed by atoms with van der Waals surface area (Å²) in [4.78, 5) is 18.8. The molecule has 1 aliphatic rings. The van der Waals surface area contributed by atoms with Crippen molar-refractivity contribution in [3.8, 4) is 0 Å². The number of hydrogen-bond acceptors (Lipinski definition) is 4. The van der Waals surface area contributed by atoms with E-state index in [1.165, 1.54) is 0 Å². The van der Waals surface area contributed by atoms with Gasteiger partial charge in [0.15, 0.2) is 0 Å². The quantitative estimate of drug-likeness (QED) is 0.880. The van der Waals surface area contributed by atoms with Gasteiger partial charge in [0.05, 0.1) is 18.2 Å². The molecule has 1 unspecified atom stereocenters. The van der Waals surface area contributed by atoms with E-state index in [4.69, 9.17) is 0 Å². The fourth-order valence-electron chi connectivity index (χ4n) is 3.96. The fourth-order valence-corrected chi connectivity index (χ4v) is 3.96. The van der Waals surface area contributed by atoms with Gasteiger partial charge in [0.25, 0.3) is 0 Å². The third-order valence-electron chi connectivity index (χ3n) is 4.86. The molecule has 1 saturated heterocycles. The first kappa shape index (κ1) is 16.6. The van der Waals surface area contributed by atoms with Crippen molar-refractivity contribution in [2.24, 2.45) is 5.92 Å². The van der Waals surface area contributed by atoms with E-state index in [9.17, 15) is 15.0 Å². The Bertz CT molecular complexity index is 634. The summed E-state index contributed by atoms with van der Waals surface area (Å²) < 4.78 is 0. The van der Waals surface area contributed by atoms with Crippen LogP contribution in [-0.2, 0) is 10.3 Å². The number of aliphatic hydroxyl groups is 1. The van der Waals surface area contributed by atoms with Crippen molar-refractivity contribution >= 4 is 5.97 Å². The van der Waals surface area contributed by atoms with E-state index in [1.807, 2.05) is 48.5 Å². The zero-order valence-corrected chi connectivity index (χ0v) is 13.5. The largest absolute Gasteiger partial charge is 0.481 e. The molecule has 0 saturated carbocycles. The van der Waals surface area contributed by atoms with Crippen molar-refractivity contribution < 1.29 is 15.0 Å². The maximum Gasteiger partial charge on any atom is 0.309 e. The molecular weight excluding hydrogens is 304 g/mol. The molecule has 0 radical (unpaired) electrons. The van der Waals surface area contributed by atoms with Crippen molar-refractivity contribution in [1.82, 2.24) is 9.88 Å². The summed E-state index contributed by atoms with van der Waals surface area (Å²) in [5, 5.41) is 19.5. The molecule has 2 aromatic rings. The van der Waals surface area contributed by atoms with Gasteiger partial charge < -0.3 is 10.2 Å². The summed E-state index contributed by atoms with van der Waals surface area (Å²) in [5.41, 5.74) is 0.760. The molecule has 3 rings (SSSR count). The van der Waals surface area contributed by atoms with Crippen LogP contribution in [0.5, 0.6) is 0 Å². The summed E-state index contributed by atoms with van der Waals surface area (Å²) >= 11 is 0. The van der Waals surface area contributed by atoms with Crippen LogP contribution in [0.25, 0.3) is 0 Å². The lowest BCUT2D eigenvalue weighted by atomic mass is 9.69. The predicted octanol–water partition coefficient (Wildman–Crippen LogP) is 2.11. The zero-order chi connectivity index (χ0) is 17.0. The number of aliphatic carboxylic acids is 1. The molecule has 0 bridgehead atoms. The topological polar surface area (TPSA) is 73.7 Å². The number of piperidine rings is 1. The van der Waals surface area contributed by atoms with Gasteiger partial charge in [-0.15, -0.1) is 0 Å². The van der Waals surface area contributed by atoms with Gasteiger partial charge in [0.1, 0.15) is 5.54 Å². The van der Waals surface area contributed by atoms with Gasteiger partial charge in [-0.3, -0.25) is 14.7 Å². The molecule has 1 aromatic carbocycles. The third-order valence-corrected chi connectivity index (χ3v) is 4.86. The van der Waals surface area contributed by atoms with Gasteiger partial charge in [-0.25, -0.2) is 0 Å². The first-order valence-electron chi connectivity index (χ1n) is 8.27. The van der Waals surface area contributed by atoms with Crippen LogP contribution in [0.1, 0.15) is 24.1 Å². The number of β-amino-alcohol motifs (C(OH)–C–C–N with tert-alkyl or cyclic N) is 1. The molecule has 1 aromatic heterocycles. The standard InChI is InChI=1S/C19H22N2O3/c22-14-13-21-12-6-9-16(18(23)24)19(21,15-7-2-1-3-8-15)17-10-4-5-11-20-17/h1-5,7-8,10-11,16,22H,6,9,12-14H2,(H,23,24)/t16-,19?/m1/s1. The maximum absolute atomic E-state index is 12.1. The van der Waals surface area contributed by atoms with Gasteiger partial charge in [-0.05, 0) is 37.1 Å². The van der Waals surface area contributed by atoms with Crippen LogP contribution in [-0.4, -0.2) is 45.8 Å². The Kier molecular flexibility index (Phi) is 4.92. The van der Waals surface area contributed by atoms with Crippen LogP contribution >= 0.6 is 0 Å². The molecule has 2 heterocycles. The number of pyridine rings is 1. The van der Waals surface area contributed by atoms with Crippen molar-refractivity contribution in [3.05, 3.63) is 66.0 Å². The van der Waals surface area contributed by atoms with Crippen LogP contribution < -0.4 is 0 Å². The van der Waals surface area contributed by atoms with E-state index < -0.39 is 17.4 Å². The highest BCUT2D eigenvalue weighted by molar-refractivity contribution is 5.74. The number of aromatic nitrogens is 1. The highest BCUT2D eigenvalue weighted by atomic mass is 16.4. The minimum Gasteiger partial charge on any atom is -0.481 e. The van der Waals surface area contributed by atoms with Crippen LogP contribution in [0.2, 0.25) is 0 Å². The van der Waals surface area contributed by atoms with Crippen molar-refractivity contribution in [2.75, 3.05) is 19.7 Å². The second kappa shape index (κ2) is 7.11. The van der Waals surface area contributed by atoms with Crippen LogP contribution in [0, 0.1) is 5.92 Å². The van der Waals surface area contributed by atoms with Crippen molar-refractivity contribution in [1.29, 1.82) is 0 Å². The number of carboxylic acid groups (broad SMARTS) is 1. The van der Waals surface area contributed by atoms with Gasteiger partial charge in [0.2, 0.25) is 0 Å². The molecule has 0 aliphatic carbocycles. The fraction of sp³-hybridized carbons (Fsp3) is 0.368. The number of likely N-dealkylation sites (tertiary alicyclic amines) is 1. The average molecular weight is 326 g/mol. The lowest BCUT2D eigenvalue weighted by molar-refractivity contribution is -0.150. The lowest BCUT2D eigenvalue weighted by Gasteiger charge is -2.50. The number of carbonyl (C=O) groups is 1. The minimum atomic E-state index is -0.866. The van der Waals surface area contributed by atoms with E-state index in [0.717, 1.165) is 24.2 Å². The Morgan fingerprint density at radius 2 is 1.96 bits per heavy atom. The SMILES string of the molecule is O=C(O)[C@H]1CCCN(CCO)C1(c1ccccc1)c1ccccn1. The smallest absolute Gasteiger partial charge is 0.309 e. The summed E-state index contributed by atoms with van der Waals surface area (Å²) in [6.45, 7) is 1.12. The second-order valence-corrected chi connectivity index (χ2v) is 6.09. The van der Waals surface area contributed by atoms with Gasteiger partial charge >= 0.3 is 5.97 Å². The number of hydrogen-bond donors (Lipinski definition) is 2. The van der Waals surface area contributed by atoms with E-state index in [0.29, 0.717) is 13.0 Å². The Morgan fingerprint density at radius 3 is 2.58 bits per heavy atom. The first-order chi connectivity index (χ1) is 11.7. The average Bonchev–Trinajstić information content (AvgIpc) is 2.63. The Hall–Kier alpha value is -2.24. The lowest BCUT2D eigenvalue weighted by Crippen LogP contribution is -2.58. The molecule has 0 spiro atoms. The molecule has 5 nitrogen and oxygen atoms in total.